The third kappa shape index (κ3) is 3.72. The molecule has 2 rings (SSSR count). The summed E-state index contributed by atoms with van der Waals surface area (Å²) in [5.74, 6) is 0.834. The zero-order chi connectivity index (χ0) is 14.1. The summed E-state index contributed by atoms with van der Waals surface area (Å²) in [6, 6.07) is 0.745. The molecule has 0 amide bonds. The summed E-state index contributed by atoms with van der Waals surface area (Å²) < 4.78 is 0. The van der Waals surface area contributed by atoms with E-state index in [9.17, 15) is 0 Å². The second kappa shape index (κ2) is 5.73. The molecule has 1 aliphatic carbocycles. The maximum Gasteiger partial charge on any atom is 0.0153 e. The first kappa shape index (κ1) is 15.3. The van der Waals surface area contributed by atoms with Crippen molar-refractivity contribution in [1.29, 1.82) is 0 Å². The third-order valence-electron chi connectivity index (χ3n) is 5.51. The van der Waals surface area contributed by atoms with Gasteiger partial charge in [0.15, 0.2) is 0 Å². The molecule has 2 fully saturated rings. The van der Waals surface area contributed by atoms with Crippen molar-refractivity contribution >= 4 is 0 Å². The van der Waals surface area contributed by atoms with Gasteiger partial charge in [0.05, 0.1) is 0 Å². The smallest absolute Gasteiger partial charge is 0.0153 e. The molecule has 2 aliphatic rings. The summed E-state index contributed by atoms with van der Waals surface area (Å²) in [5, 5.41) is 3.75. The van der Waals surface area contributed by atoms with Crippen LogP contribution in [0.1, 0.15) is 66.7 Å². The number of likely N-dealkylation sites (tertiary alicyclic amines) is 1. The van der Waals surface area contributed by atoms with Gasteiger partial charge < -0.3 is 5.32 Å². The molecule has 1 heterocycles. The van der Waals surface area contributed by atoms with E-state index >= 15 is 0 Å². The van der Waals surface area contributed by atoms with E-state index in [0.29, 0.717) is 11.0 Å². The standard InChI is InChI=1S/C17H34N2/c1-6-18-15-8-10-16(2,3)12-14(15)13-19-11-7-9-17(19,4)5/h14-15,18H,6-13H2,1-5H3. The Hall–Kier alpha value is -0.0800. The Morgan fingerprint density at radius 3 is 2.47 bits per heavy atom. The van der Waals surface area contributed by atoms with Crippen molar-refractivity contribution in [2.24, 2.45) is 11.3 Å². The molecule has 2 nitrogen and oxygen atoms in total. The van der Waals surface area contributed by atoms with E-state index in [0.717, 1.165) is 18.5 Å². The van der Waals surface area contributed by atoms with Crippen LogP contribution in [0.25, 0.3) is 0 Å². The minimum Gasteiger partial charge on any atom is -0.314 e. The van der Waals surface area contributed by atoms with Crippen LogP contribution in [0.4, 0.5) is 0 Å². The first-order chi connectivity index (χ1) is 8.84. The van der Waals surface area contributed by atoms with Crippen LogP contribution in [-0.4, -0.2) is 36.1 Å². The first-order valence-corrected chi connectivity index (χ1v) is 8.32. The van der Waals surface area contributed by atoms with Crippen molar-refractivity contribution in [3.8, 4) is 0 Å². The first-order valence-electron chi connectivity index (χ1n) is 8.32. The molecule has 0 bridgehead atoms. The van der Waals surface area contributed by atoms with Crippen molar-refractivity contribution in [1.82, 2.24) is 10.2 Å². The van der Waals surface area contributed by atoms with Crippen LogP contribution in [0.5, 0.6) is 0 Å². The number of hydrogen-bond donors (Lipinski definition) is 1. The molecule has 1 saturated carbocycles. The summed E-state index contributed by atoms with van der Waals surface area (Å²) in [4.78, 5) is 2.75. The predicted molar refractivity (Wildman–Crippen MR) is 83.5 cm³/mol. The van der Waals surface area contributed by atoms with E-state index in [2.05, 4.69) is 44.8 Å². The maximum atomic E-state index is 3.75. The summed E-state index contributed by atoms with van der Waals surface area (Å²) in [5.41, 5.74) is 0.971. The lowest BCUT2D eigenvalue weighted by atomic mass is 9.69. The molecule has 0 radical (unpaired) electrons. The highest BCUT2D eigenvalue weighted by Crippen LogP contribution is 2.40. The highest BCUT2D eigenvalue weighted by Gasteiger charge is 2.39. The predicted octanol–water partition coefficient (Wildman–Crippen LogP) is 3.67. The topological polar surface area (TPSA) is 15.3 Å². The maximum absolute atomic E-state index is 3.75. The highest BCUT2D eigenvalue weighted by atomic mass is 15.2. The summed E-state index contributed by atoms with van der Waals surface area (Å²) >= 11 is 0. The van der Waals surface area contributed by atoms with Crippen LogP contribution >= 0.6 is 0 Å². The Morgan fingerprint density at radius 2 is 1.89 bits per heavy atom. The molecule has 2 atom stereocenters. The summed E-state index contributed by atoms with van der Waals surface area (Å²) in [6.45, 7) is 15.7. The number of rotatable bonds is 4. The number of nitrogens with one attached hydrogen (secondary N) is 1. The van der Waals surface area contributed by atoms with Gasteiger partial charge in [-0.3, -0.25) is 4.90 Å². The Kier molecular flexibility index (Phi) is 4.62. The lowest BCUT2D eigenvalue weighted by molar-refractivity contribution is 0.0746. The molecular weight excluding hydrogens is 232 g/mol. The van der Waals surface area contributed by atoms with Crippen molar-refractivity contribution in [3.05, 3.63) is 0 Å². The zero-order valence-electron chi connectivity index (χ0n) is 13.8. The van der Waals surface area contributed by atoms with Gasteiger partial charge >= 0.3 is 0 Å². The average molecular weight is 266 g/mol. The highest BCUT2D eigenvalue weighted by molar-refractivity contribution is 4.94. The molecule has 1 N–H and O–H groups in total. The van der Waals surface area contributed by atoms with E-state index < -0.39 is 0 Å². The minimum absolute atomic E-state index is 0.429. The van der Waals surface area contributed by atoms with Crippen molar-refractivity contribution < 1.29 is 0 Å². The van der Waals surface area contributed by atoms with Crippen molar-refractivity contribution in [3.63, 3.8) is 0 Å². The van der Waals surface area contributed by atoms with Crippen LogP contribution in [0.2, 0.25) is 0 Å². The summed E-state index contributed by atoms with van der Waals surface area (Å²) in [6.07, 6.45) is 6.88. The second-order valence-electron chi connectivity index (χ2n) is 8.19. The molecule has 1 saturated heterocycles. The van der Waals surface area contributed by atoms with Gasteiger partial charge in [0.1, 0.15) is 0 Å². The van der Waals surface area contributed by atoms with Gasteiger partial charge in [-0.15, -0.1) is 0 Å². The van der Waals surface area contributed by atoms with Crippen LogP contribution in [0.3, 0.4) is 0 Å². The molecule has 0 spiro atoms. The zero-order valence-corrected chi connectivity index (χ0v) is 13.8. The Bertz CT molecular complexity index is 296. The fourth-order valence-corrected chi connectivity index (χ4v) is 4.24. The Balaban J connectivity index is 2.01. The molecule has 2 heteroatoms. The van der Waals surface area contributed by atoms with Crippen molar-refractivity contribution in [2.45, 2.75) is 78.3 Å². The van der Waals surface area contributed by atoms with E-state index in [4.69, 9.17) is 0 Å². The van der Waals surface area contributed by atoms with Gasteiger partial charge in [0, 0.05) is 18.1 Å². The molecule has 19 heavy (non-hydrogen) atoms. The fraction of sp³-hybridized carbons (Fsp3) is 1.00. The molecule has 0 aromatic heterocycles. The lowest BCUT2D eigenvalue weighted by Crippen LogP contribution is -2.50. The van der Waals surface area contributed by atoms with Gasteiger partial charge in [-0.1, -0.05) is 20.8 Å². The number of nitrogens with zero attached hydrogens (tertiary/aromatic N) is 1. The van der Waals surface area contributed by atoms with Crippen LogP contribution in [0.15, 0.2) is 0 Å². The van der Waals surface area contributed by atoms with Crippen LogP contribution < -0.4 is 5.32 Å². The Morgan fingerprint density at radius 1 is 1.16 bits per heavy atom. The van der Waals surface area contributed by atoms with Gasteiger partial charge in [-0.25, -0.2) is 0 Å². The van der Waals surface area contributed by atoms with Crippen LogP contribution in [0, 0.1) is 11.3 Å². The van der Waals surface area contributed by atoms with Gasteiger partial charge in [0.2, 0.25) is 0 Å². The second-order valence-corrected chi connectivity index (χ2v) is 8.19. The van der Waals surface area contributed by atoms with Crippen molar-refractivity contribution in [2.75, 3.05) is 19.6 Å². The molecule has 112 valence electrons. The van der Waals surface area contributed by atoms with E-state index in [1.807, 2.05) is 0 Å². The van der Waals surface area contributed by atoms with E-state index in [-0.39, 0.29) is 0 Å². The van der Waals surface area contributed by atoms with E-state index in [1.165, 1.54) is 45.2 Å². The van der Waals surface area contributed by atoms with E-state index in [1.54, 1.807) is 0 Å². The fourth-order valence-electron chi connectivity index (χ4n) is 4.24. The normalized spacial score (nSPS) is 34.6. The van der Waals surface area contributed by atoms with Gasteiger partial charge in [-0.2, -0.15) is 0 Å². The molecule has 0 aromatic carbocycles. The molecular formula is C17H34N2. The number of hydrogen-bond acceptors (Lipinski definition) is 2. The minimum atomic E-state index is 0.429. The molecule has 0 aromatic rings. The molecule has 1 aliphatic heterocycles. The average Bonchev–Trinajstić information content (AvgIpc) is 2.62. The monoisotopic (exact) mass is 266 g/mol. The molecule has 2 unspecified atom stereocenters. The van der Waals surface area contributed by atoms with Crippen LogP contribution in [-0.2, 0) is 0 Å². The Labute approximate surface area is 120 Å². The SMILES string of the molecule is CCNC1CCC(C)(C)CC1CN1CCCC1(C)C. The largest absolute Gasteiger partial charge is 0.314 e. The van der Waals surface area contributed by atoms with Gasteiger partial charge in [0.25, 0.3) is 0 Å². The lowest BCUT2D eigenvalue weighted by Gasteiger charge is -2.44. The quantitative estimate of drug-likeness (QED) is 0.835. The third-order valence-corrected chi connectivity index (χ3v) is 5.51. The van der Waals surface area contributed by atoms with Gasteiger partial charge in [-0.05, 0) is 70.4 Å². The summed E-state index contributed by atoms with van der Waals surface area (Å²) in [7, 11) is 0.